The normalized spacial score (nSPS) is 9.83. The molecule has 122 valence electrons. The first-order chi connectivity index (χ1) is 11.6. The lowest BCUT2D eigenvalue weighted by atomic mass is 10.1. The molecule has 0 unspecified atom stereocenters. The summed E-state index contributed by atoms with van der Waals surface area (Å²) >= 11 is 5.97. The second-order valence-corrected chi connectivity index (χ2v) is 5.42. The van der Waals surface area contributed by atoms with Crippen LogP contribution in [0.15, 0.2) is 48.5 Å². The molecule has 5 nitrogen and oxygen atoms in total. The van der Waals surface area contributed by atoms with E-state index in [9.17, 15) is 9.59 Å². The molecule has 0 fully saturated rings. The molecule has 24 heavy (non-hydrogen) atoms. The first kappa shape index (κ1) is 17.5. The number of hydrogen-bond donors (Lipinski definition) is 1. The SMILES string of the molecule is N#CCc1ccc(NC(=O)COC(=O)Cc2ccccc2Cl)cc1. The second kappa shape index (κ2) is 8.70. The third kappa shape index (κ3) is 5.41. The van der Waals surface area contributed by atoms with E-state index < -0.39 is 11.9 Å². The van der Waals surface area contributed by atoms with Gasteiger partial charge in [-0.25, -0.2) is 0 Å². The fraction of sp³-hybridized carbons (Fsp3) is 0.167. The van der Waals surface area contributed by atoms with Gasteiger partial charge in [0.25, 0.3) is 5.91 Å². The Bertz CT molecular complexity index is 767. The number of hydrogen-bond acceptors (Lipinski definition) is 4. The molecule has 0 aliphatic carbocycles. The van der Waals surface area contributed by atoms with Crippen molar-refractivity contribution in [2.24, 2.45) is 0 Å². The van der Waals surface area contributed by atoms with Gasteiger partial charge in [-0.1, -0.05) is 41.9 Å². The summed E-state index contributed by atoms with van der Waals surface area (Å²) < 4.78 is 4.94. The summed E-state index contributed by atoms with van der Waals surface area (Å²) in [5.74, 6) is -0.960. The van der Waals surface area contributed by atoms with Crippen molar-refractivity contribution in [2.75, 3.05) is 11.9 Å². The van der Waals surface area contributed by atoms with Crippen LogP contribution in [0.3, 0.4) is 0 Å². The summed E-state index contributed by atoms with van der Waals surface area (Å²) in [5, 5.41) is 11.7. The molecular weight excluding hydrogens is 328 g/mol. The highest BCUT2D eigenvalue weighted by Gasteiger charge is 2.10. The molecule has 0 radical (unpaired) electrons. The zero-order valence-corrected chi connectivity index (χ0v) is 13.5. The van der Waals surface area contributed by atoms with Crippen molar-refractivity contribution in [3.63, 3.8) is 0 Å². The van der Waals surface area contributed by atoms with Crippen LogP contribution in [0, 0.1) is 11.3 Å². The minimum Gasteiger partial charge on any atom is -0.455 e. The lowest BCUT2D eigenvalue weighted by Crippen LogP contribution is -2.21. The lowest BCUT2D eigenvalue weighted by molar-refractivity contribution is -0.146. The minimum absolute atomic E-state index is 0.00973. The number of halogens is 1. The van der Waals surface area contributed by atoms with E-state index in [0.29, 0.717) is 22.7 Å². The van der Waals surface area contributed by atoms with E-state index in [1.165, 1.54) is 0 Å². The summed E-state index contributed by atoms with van der Waals surface area (Å²) in [7, 11) is 0. The monoisotopic (exact) mass is 342 g/mol. The molecule has 0 bridgehead atoms. The molecule has 2 aromatic rings. The van der Waals surface area contributed by atoms with Crippen LogP contribution in [0.5, 0.6) is 0 Å². The van der Waals surface area contributed by atoms with Crippen LogP contribution in [0.25, 0.3) is 0 Å². The molecule has 0 saturated carbocycles. The Balaban J connectivity index is 1.79. The quantitative estimate of drug-likeness (QED) is 0.818. The average Bonchev–Trinajstić information content (AvgIpc) is 2.57. The van der Waals surface area contributed by atoms with E-state index >= 15 is 0 Å². The Hall–Kier alpha value is -2.84. The van der Waals surface area contributed by atoms with Gasteiger partial charge in [-0.15, -0.1) is 0 Å². The summed E-state index contributed by atoms with van der Waals surface area (Å²) in [6.45, 7) is -0.372. The highest BCUT2D eigenvalue weighted by Crippen LogP contribution is 2.15. The van der Waals surface area contributed by atoms with Crippen LogP contribution < -0.4 is 5.32 Å². The lowest BCUT2D eigenvalue weighted by Gasteiger charge is -2.08. The van der Waals surface area contributed by atoms with Gasteiger partial charge in [0.15, 0.2) is 6.61 Å². The maximum absolute atomic E-state index is 11.8. The Kier molecular flexibility index (Phi) is 6.35. The second-order valence-electron chi connectivity index (χ2n) is 5.01. The van der Waals surface area contributed by atoms with Crippen LogP contribution in [-0.4, -0.2) is 18.5 Å². The number of amides is 1. The standard InChI is InChI=1S/C18H15ClN2O3/c19-16-4-2-1-3-14(16)11-18(23)24-12-17(22)21-15-7-5-13(6-8-15)9-10-20/h1-8H,9,11-12H2,(H,21,22). The van der Waals surface area contributed by atoms with Gasteiger partial charge in [-0.2, -0.15) is 5.26 Å². The number of anilines is 1. The van der Waals surface area contributed by atoms with Crippen LogP contribution in [-0.2, 0) is 27.2 Å². The van der Waals surface area contributed by atoms with Crippen molar-refractivity contribution in [3.8, 4) is 6.07 Å². The molecular formula is C18H15ClN2O3. The summed E-state index contributed by atoms with van der Waals surface area (Å²) in [6.07, 6.45) is 0.323. The van der Waals surface area contributed by atoms with Crippen LogP contribution >= 0.6 is 11.6 Å². The van der Waals surface area contributed by atoms with E-state index in [2.05, 4.69) is 5.32 Å². The summed E-state index contributed by atoms with van der Waals surface area (Å²) in [5.41, 5.74) is 2.09. The molecule has 0 aliphatic heterocycles. The van der Waals surface area contributed by atoms with Crippen molar-refractivity contribution in [3.05, 3.63) is 64.7 Å². The van der Waals surface area contributed by atoms with Gasteiger partial charge in [0.1, 0.15) is 0 Å². The van der Waals surface area contributed by atoms with Crippen LogP contribution in [0.1, 0.15) is 11.1 Å². The highest BCUT2D eigenvalue weighted by atomic mass is 35.5. The number of rotatable bonds is 6. The number of nitrogens with zero attached hydrogens (tertiary/aromatic N) is 1. The van der Waals surface area contributed by atoms with Gasteiger partial charge < -0.3 is 10.1 Å². The fourth-order valence-corrected chi connectivity index (χ4v) is 2.19. The predicted molar refractivity (Wildman–Crippen MR) is 90.5 cm³/mol. The topological polar surface area (TPSA) is 79.2 Å². The zero-order chi connectivity index (χ0) is 17.4. The van der Waals surface area contributed by atoms with Crippen LogP contribution in [0.2, 0.25) is 5.02 Å². The maximum atomic E-state index is 11.8. The number of carbonyl (C=O) groups excluding carboxylic acids is 2. The van der Waals surface area contributed by atoms with Gasteiger partial charge in [-0.05, 0) is 29.3 Å². The molecule has 0 aliphatic rings. The number of benzene rings is 2. The van der Waals surface area contributed by atoms with E-state index in [4.69, 9.17) is 21.6 Å². The third-order valence-corrected chi connectivity index (χ3v) is 3.55. The number of nitriles is 1. The smallest absolute Gasteiger partial charge is 0.310 e. The highest BCUT2D eigenvalue weighted by molar-refractivity contribution is 6.31. The predicted octanol–water partition coefficient (Wildman–Crippen LogP) is 3.13. The van der Waals surface area contributed by atoms with E-state index in [1.54, 1.807) is 48.5 Å². The average molecular weight is 343 g/mol. The Labute approximate surface area is 144 Å². The van der Waals surface area contributed by atoms with Crippen molar-refractivity contribution in [1.82, 2.24) is 0 Å². The Morgan fingerprint density at radius 3 is 2.50 bits per heavy atom. The maximum Gasteiger partial charge on any atom is 0.310 e. The van der Waals surface area contributed by atoms with Crippen molar-refractivity contribution in [2.45, 2.75) is 12.8 Å². The molecule has 2 aromatic carbocycles. The van der Waals surface area contributed by atoms with Gasteiger partial charge in [0.2, 0.25) is 0 Å². The number of esters is 1. The van der Waals surface area contributed by atoms with Crippen LogP contribution in [0.4, 0.5) is 5.69 Å². The largest absolute Gasteiger partial charge is 0.455 e. The van der Waals surface area contributed by atoms with Crippen molar-refractivity contribution < 1.29 is 14.3 Å². The van der Waals surface area contributed by atoms with Gasteiger partial charge in [0.05, 0.1) is 18.9 Å². The third-order valence-electron chi connectivity index (χ3n) is 3.18. The molecule has 0 spiro atoms. The minimum atomic E-state index is -0.525. The fourth-order valence-electron chi connectivity index (χ4n) is 1.99. The number of ether oxygens (including phenoxy) is 1. The molecule has 0 atom stereocenters. The van der Waals surface area contributed by atoms with Crippen molar-refractivity contribution >= 4 is 29.2 Å². The Morgan fingerprint density at radius 1 is 1.12 bits per heavy atom. The molecule has 2 rings (SSSR count). The van der Waals surface area contributed by atoms with Crippen molar-refractivity contribution in [1.29, 1.82) is 5.26 Å². The molecule has 0 heterocycles. The molecule has 0 saturated heterocycles. The van der Waals surface area contributed by atoms with Gasteiger partial charge >= 0.3 is 5.97 Å². The zero-order valence-electron chi connectivity index (χ0n) is 12.8. The molecule has 1 N–H and O–H groups in total. The van der Waals surface area contributed by atoms with E-state index in [1.807, 2.05) is 6.07 Å². The summed E-state index contributed by atoms with van der Waals surface area (Å²) in [6, 6.07) is 15.9. The molecule has 6 heteroatoms. The Morgan fingerprint density at radius 2 is 1.83 bits per heavy atom. The number of carbonyl (C=O) groups is 2. The number of nitrogens with one attached hydrogen (secondary N) is 1. The molecule has 0 aromatic heterocycles. The first-order valence-corrected chi connectivity index (χ1v) is 7.61. The van der Waals surface area contributed by atoms with E-state index in [0.717, 1.165) is 5.56 Å². The summed E-state index contributed by atoms with van der Waals surface area (Å²) in [4.78, 5) is 23.5. The first-order valence-electron chi connectivity index (χ1n) is 7.23. The van der Waals surface area contributed by atoms with Gasteiger partial charge in [0, 0.05) is 10.7 Å². The molecule has 1 amide bonds. The van der Waals surface area contributed by atoms with E-state index in [-0.39, 0.29) is 13.0 Å². The van der Waals surface area contributed by atoms with Gasteiger partial charge in [-0.3, -0.25) is 9.59 Å².